The van der Waals surface area contributed by atoms with Crippen LogP contribution in [0.4, 0.5) is 0 Å². The van der Waals surface area contributed by atoms with Crippen LogP contribution in [0, 0.1) is 0 Å². The molecule has 0 saturated carbocycles. The van der Waals surface area contributed by atoms with Crippen molar-refractivity contribution >= 4 is 17.6 Å². The van der Waals surface area contributed by atoms with Crippen molar-refractivity contribution in [2.45, 2.75) is 0 Å². The summed E-state index contributed by atoms with van der Waals surface area (Å²) in [6, 6.07) is 3.48. The van der Waals surface area contributed by atoms with Crippen LogP contribution in [0.3, 0.4) is 0 Å². The van der Waals surface area contributed by atoms with E-state index in [-0.39, 0.29) is 5.69 Å². The first-order chi connectivity index (χ1) is 7.20. The number of pyridine rings is 1. The summed E-state index contributed by atoms with van der Waals surface area (Å²) in [4.78, 5) is 19.7. The summed E-state index contributed by atoms with van der Waals surface area (Å²) in [5, 5.41) is 8.93. The van der Waals surface area contributed by atoms with Crippen molar-refractivity contribution in [3.05, 3.63) is 47.8 Å². The molecule has 2 heterocycles. The number of carboxylic acid groups (broad SMARTS) is 1. The molecule has 6 heteroatoms. The fourth-order valence-electron chi connectivity index (χ4n) is 0.707. The van der Waals surface area contributed by atoms with Crippen LogP contribution in [0.5, 0.6) is 0 Å². The Bertz CT molecular complexity index is 403. The van der Waals surface area contributed by atoms with Gasteiger partial charge in [-0.1, -0.05) is 11.6 Å². The lowest BCUT2D eigenvalue weighted by molar-refractivity contribution is 0.0691. The molecule has 0 bridgehead atoms. The van der Waals surface area contributed by atoms with Gasteiger partial charge >= 0.3 is 5.97 Å². The molecule has 2 rings (SSSR count). The van der Waals surface area contributed by atoms with Crippen LogP contribution in [-0.4, -0.2) is 26.0 Å². The summed E-state index contributed by atoms with van der Waals surface area (Å²) < 4.78 is 0. The van der Waals surface area contributed by atoms with Crippen molar-refractivity contribution in [1.29, 1.82) is 0 Å². The van der Waals surface area contributed by atoms with Crippen LogP contribution in [0.2, 0.25) is 5.02 Å². The zero-order valence-electron chi connectivity index (χ0n) is 7.59. The molecule has 78 valence electrons. The lowest BCUT2D eigenvalue weighted by Gasteiger charge is -1.79. The summed E-state index contributed by atoms with van der Waals surface area (Å²) in [5.41, 5.74) is 0.116. The fourth-order valence-corrected chi connectivity index (χ4v) is 0.819. The lowest BCUT2D eigenvalue weighted by atomic mass is 10.5. The number of aromatic carboxylic acids is 1. The molecule has 0 spiro atoms. The number of carboxylic acids is 1. The van der Waals surface area contributed by atoms with Crippen molar-refractivity contribution in [2.75, 3.05) is 0 Å². The maximum absolute atomic E-state index is 9.99. The van der Waals surface area contributed by atoms with Crippen molar-refractivity contribution in [3.63, 3.8) is 0 Å². The second-order valence-corrected chi connectivity index (χ2v) is 2.87. The van der Waals surface area contributed by atoms with Gasteiger partial charge in [-0.2, -0.15) is 0 Å². The SMILES string of the molecule is Clc1ccncc1.O=C(O)c1cnc[nH]1. The lowest BCUT2D eigenvalue weighted by Crippen LogP contribution is -1.94. The summed E-state index contributed by atoms with van der Waals surface area (Å²) in [7, 11) is 0. The molecule has 0 saturated heterocycles. The molecule has 0 aliphatic rings. The van der Waals surface area contributed by atoms with E-state index in [2.05, 4.69) is 15.0 Å². The Kier molecular flexibility index (Phi) is 4.30. The van der Waals surface area contributed by atoms with Crippen LogP contribution >= 0.6 is 11.6 Å². The number of nitrogens with zero attached hydrogens (tertiary/aromatic N) is 2. The highest BCUT2D eigenvalue weighted by atomic mass is 35.5. The number of halogens is 1. The first kappa shape index (κ1) is 11.2. The number of hydrogen-bond donors (Lipinski definition) is 2. The van der Waals surface area contributed by atoms with Crippen molar-refractivity contribution in [2.24, 2.45) is 0 Å². The van der Waals surface area contributed by atoms with Crippen LogP contribution in [0.15, 0.2) is 37.1 Å². The third kappa shape index (κ3) is 4.24. The van der Waals surface area contributed by atoms with E-state index in [4.69, 9.17) is 16.7 Å². The maximum Gasteiger partial charge on any atom is 0.353 e. The molecule has 2 aromatic heterocycles. The van der Waals surface area contributed by atoms with Crippen LogP contribution in [0.25, 0.3) is 0 Å². The van der Waals surface area contributed by atoms with Gasteiger partial charge < -0.3 is 10.1 Å². The Morgan fingerprint density at radius 2 is 2.00 bits per heavy atom. The Balaban J connectivity index is 0.000000151. The molecule has 0 amide bonds. The van der Waals surface area contributed by atoms with Gasteiger partial charge in [0.15, 0.2) is 0 Å². The van der Waals surface area contributed by atoms with E-state index >= 15 is 0 Å². The summed E-state index contributed by atoms with van der Waals surface area (Å²) in [6.07, 6.45) is 5.89. The number of imidazole rings is 1. The summed E-state index contributed by atoms with van der Waals surface area (Å²) in [6.45, 7) is 0. The van der Waals surface area contributed by atoms with Gasteiger partial charge in [-0.3, -0.25) is 4.98 Å². The zero-order valence-corrected chi connectivity index (χ0v) is 8.35. The molecule has 0 aliphatic heterocycles. The molecule has 2 N–H and O–H groups in total. The number of hydrogen-bond acceptors (Lipinski definition) is 3. The van der Waals surface area contributed by atoms with E-state index in [1.54, 1.807) is 24.5 Å². The van der Waals surface area contributed by atoms with Gasteiger partial charge in [-0.15, -0.1) is 0 Å². The topological polar surface area (TPSA) is 78.9 Å². The Hall–Kier alpha value is -1.88. The molecule has 0 atom stereocenters. The number of aromatic amines is 1. The predicted octanol–water partition coefficient (Wildman–Crippen LogP) is 1.84. The minimum atomic E-state index is -0.984. The molecule has 0 radical (unpaired) electrons. The second-order valence-electron chi connectivity index (χ2n) is 2.44. The smallest absolute Gasteiger partial charge is 0.353 e. The standard InChI is InChI=1S/C5H4ClN.C4H4N2O2/c6-5-1-3-7-4-2-5;7-4(8)3-1-5-2-6-3/h1-4H;1-2H,(H,5,6)(H,7,8). The molecular weight excluding hydrogens is 218 g/mol. The van der Waals surface area contributed by atoms with E-state index in [9.17, 15) is 4.79 Å². The maximum atomic E-state index is 9.99. The minimum absolute atomic E-state index is 0.116. The first-order valence-corrected chi connectivity index (χ1v) is 4.35. The molecule has 0 aromatic carbocycles. The first-order valence-electron chi connectivity index (χ1n) is 3.97. The predicted molar refractivity (Wildman–Crippen MR) is 54.8 cm³/mol. The van der Waals surface area contributed by atoms with Gasteiger partial charge in [0.05, 0.1) is 12.5 Å². The number of H-pyrrole nitrogens is 1. The van der Waals surface area contributed by atoms with Crippen molar-refractivity contribution < 1.29 is 9.90 Å². The molecule has 15 heavy (non-hydrogen) atoms. The van der Waals surface area contributed by atoms with Gasteiger partial charge in [0.25, 0.3) is 0 Å². The van der Waals surface area contributed by atoms with Gasteiger partial charge in [0.1, 0.15) is 5.69 Å². The number of carbonyl (C=O) groups is 1. The molecule has 5 nitrogen and oxygen atoms in total. The van der Waals surface area contributed by atoms with E-state index in [1.807, 2.05) is 0 Å². The van der Waals surface area contributed by atoms with E-state index in [1.165, 1.54) is 12.5 Å². The third-order valence-electron chi connectivity index (χ3n) is 1.37. The number of rotatable bonds is 1. The van der Waals surface area contributed by atoms with E-state index < -0.39 is 5.97 Å². The third-order valence-corrected chi connectivity index (χ3v) is 1.62. The van der Waals surface area contributed by atoms with Gasteiger partial charge in [-0.25, -0.2) is 9.78 Å². The normalized spacial score (nSPS) is 8.87. The summed E-state index contributed by atoms with van der Waals surface area (Å²) in [5.74, 6) is -0.984. The number of nitrogens with one attached hydrogen (secondary N) is 1. The molecule has 0 aliphatic carbocycles. The Morgan fingerprint density at radius 1 is 1.33 bits per heavy atom. The Labute approximate surface area is 90.8 Å². The van der Waals surface area contributed by atoms with Crippen LogP contribution < -0.4 is 0 Å². The molecule has 0 unspecified atom stereocenters. The van der Waals surface area contributed by atoms with Crippen LogP contribution in [0.1, 0.15) is 10.5 Å². The van der Waals surface area contributed by atoms with Crippen molar-refractivity contribution in [3.8, 4) is 0 Å². The van der Waals surface area contributed by atoms with Crippen LogP contribution in [-0.2, 0) is 0 Å². The highest BCUT2D eigenvalue weighted by Crippen LogP contribution is 2.01. The van der Waals surface area contributed by atoms with E-state index in [0.717, 1.165) is 5.02 Å². The molecular formula is C9H8ClN3O2. The highest BCUT2D eigenvalue weighted by Gasteiger charge is 1.99. The fraction of sp³-hybridized carbons (Fsp3) is 0. The quantitative estimate of drug-likeness (QED) is 0.776. The van der Waals surface area contributed by atoms with E-state index in [0.29, 0.717) is 0 Å². The Morgan fingerprint density at radius 3 is 2.27 bits per heavy atom. The molecule has 0 fully saturated rings. The zero-order chi connectivity index (χ0) is 11.1. The number of aromatic nitrogens is 3. The monoisotopic (exact) mass is 225 g/mol. The second kappa shape index (κ2) is 5.77. The largest absolute Gasteiger partial charge is 0.477 e. The molecule has 2 aromatic rings. The van der Waals surface area contributed by atoms with Crippen molar-refractivity contribution in [1.82, 2.24) is 15.0 Å². The summed E-state index contributed by atoms with van der Waals surface area (Å²) >= 11 is 5.50. The van der Waals surface area contributed by atoms with Gasteiger partial charge in [-0.05, 0) is 12.1 Å². The minimum Gasteiger partial charge on any atom is -0.477 e. The highest BCUT2D eigenvalue weighted by molar-refractivity contribution is 6.30. The average molecular weight is 226 g/mol. The van der Waals surface area contributed by atoms with Gasteiger partial charge in [0, 0.05) is 17.4 Å². The average Bonchev–Trinajstić information content (AvgIpc) is 2.72. The van der Waals surface area contributed by atoms with Gasteiger partial charge in [0.2, 0.25) is 0 Å².